The van der Waals surface area contributed by atoms with Crippen molar-refractivity contribution in [3.8, 4) is 0 Å². The molecule has 646 valence electrons. The summed E-state index contributed by atoms with van der Waals surface area (Å²) in [6.45, 7) is 7.87. The van der Waals surface area contributed by atoms with E-state index in [1.54, 1.807) is 34.6 Å². The van der Waals surface area contributed by atoms with E-state index in [1.165, 1.54) is 14.0 Å². The summed E-state index contributed by atoms with van der Waals surface area (Å²) in [6, 6.07) is -4.15. The number of alkyl halides is 1. The molecule has 0 aliphatic carbocycles. The Balaban J connectivity index is 0.00000129. The summed E-state index contributed by atoms with van der Waals surface area (Å²) >= 11 is 2.03. The third-order valence-electron chi connectivity index (χ3n) is 15.6. The molecule has 112 heavy (non-hydrogen) atoms. The quantitative estimate of drug-likeness (QED) is 0.0257. The van der Waals surface area contributed by atoms with Crippen LogP contribution in [0, 0.1) is 29.6 Å². The first kappa shape index (κ1) is 114. The van der Waals surface area contributed by atoms with E-state index in [4.69, 9.17) is 170 Å². The van der Waals surface area contributed by atoms with E-state index < -0.39 is 236 Å². The number of methoxy groups -OCH3 is 1. The Bertz CT molecular complexity index is 3020. The SMILES string of the molecule is C.C[C@@H]1O[C@H](COP(=O)(O)O)[C@@H](O)C1F.[B][C@@H]1O[C@H](COP(=O)(O)O)[C@@H](O)C1C.[B][C@@H]1O[C@H](COP(=O)(O)O)[C@@H](O)C1C.[B][C@@H]1O[C@H](COP(=O)(O)O)[C@@H](O)[C@H]1OC.[B][C@@H]1O[C@H](COP(C)(=O)OP(=O)(O)O)[C@@H](O)C1C.[B][C@@H]1O[C@H](COP(O)(=[Se])OP(=O)(O)O)[C@@H](O)C1C.[B][C@@H]1O[C@H](COP([B])(=O)OP(=O)(O)O)[C@@H](O)C1C. The standard InChI is InChI=1S/C7H15BO8P2.C6H12B2O8P2.C6H13BO8P2Se.C6H12BO7P.2C6H12BO6P.C6H12FO6P.CH4/c1-4-6(9)5(15-7(4)8)3-14-17(2,10)16-18(11,12)13;1-3-5(9)4(15-6(3)7)2-14-17(8,10)16-18(11,12)13;1-3-5(8)4(14-6(3)7)2-13-17(12,18)15-16(9,10)11;1-12-5-4(8)3(14-6(5)7)2-13-15(9,10)11;2*1-3-5(8)4(13-6(3)7)2-12-14(9,10)11;1-3-5(7)6(8)4(13-3)2-12-14(9,10)11;/h4-7,9H,3H2,1-2H3,(H2,11,12,13);3-6,9H,2H2,1H3,(H2,11,12,13);3-6,8H,2H2,1H3,(H,12,18)(H2,9,10,11);3-6,8H,2H2,1H3,(H2,9,10,11);3*3-6,8H,2H2,1H3,(H2,9,10,11);1H4/t4?,5-,6+,7-,17?;2*3?,4-,5+,6-,17?;3-,4-,5-,6-;2*3?,4-,5+,6-;3-,4+,5?,6+;/m1111110./s1. The van der Waals surface area contributed by atoms with Crippen molar-refractivity contribution >= 4 is 146 Å². The molecule has 0 saturated carbocycles. The van der Waals surface area contributed by atoms with Gasteiger partial charge in [-0.2, -0.15) is 0 Å². The smallest absolute Gasteiger partial charge is 0.390 e. The van der Waals surface area contributed by atoms with E-state index >= 15 is 0 Å². The molecule has 0 spiro atoms. The monoisotopic (exact) mass is 1890 g/mol. The molecular formula is C44H92B7FO49P10Se. The second-order valence-corrected chi connectivity index (χ2v) is 41.7. The molecule has 7 fully saturated rings. The average molecular weight is 1890 g/mol. The number of aliphatic hydroxyl groups is 7. The molecular weight excluding hydrogens is 1800 g/mol. The van der Waals surface area contributed by atoms with Crippen LogP contribution < -0.4 is 0 Å². The van der Waals surface area contributed by atoms with Crippen molar-refractivity contribution < 1.29 is 237 Å². The van der Waals surface area contributed by atoms with E-state index in [0.29, 0.717) is 0 Å². The van der Waals surface area contributed by atoms with Gasteiger partial charge in [-0.1, -0.05) is 35.1 Å². The van der Waals surface area contributed by atoms with Crippen LogP contribution >= 0.6 is 76.0 Å². The van der Waals surface area contributed by atoms with Crippen LogP contribution in [0.2, 0.25) is 0 Å². The number of aliphatic hydroxyl groups excluding tert-OH is 7. The molecule has 0 aromatic heterocycles. The second kappa shape index (κ2) is 48.3. The number of hydrogen-bond acceptors (Lipinski definition) is 35. The Hall–Kier alpha value is 1.80. The van der Waals surface area contributed by atoms with Gasteiger partial charge in [0.1, 0.15) is 94.2 Å². The molecule has 0 amide bonds. The first-order valence-corrected chi connectivity index (χ1v) is 49.3. The molecule has 0 bridgehead atoms. The minimum absolute atomic E-state index is 0. The fourth-order valence-electron chi connectivity index (χ4n) is 9.40. The number of rotatable bonds is 28. The Morgan fingerprint density at radius 1 is 0.339 bits per heavy atom. The summed E-state index contributed by atoms with van der Waals surface area (Å²) in [6.07, 6.45) is -19.9. The van der Waals surface area contributed by atoms with Gasteiger partial charge in [-0.3, -0.25) is 27.2 Å². The molecule has 7 heterocycles. The third-order valence-corrected chi connectivity index (χ3v) is 26.6. The zero-order chi connectivity index (χ0) is 86.8. The van der Waals surface area contributed by atoms with Gasteiger partial charge in [0, 0.05) is 67.5 Å². The van der Waals surface area contributed by atoms with Gasteiger partial charge in [0.25, 0.3) is 7.47 Å². The van der Waals surface area contributed by atoms with Crippen LogP contribution in [-0.4, -0.2) is 379 Å². The van der Waals surface area contributed by atoms with Crippen LogP contribution in [0.3, 0.4) is 0 Å². The topological polar surface area (TPSA) is 765 Å². The van der Waals surface area contributed by atoms with Gasteiger partial charge in [-0.15, -0.1) is 0 Å². The number of ether oxygens (including phenoxy) is 8. The minimum Gasteiger partial charge on any atom is -0.390 e. The zero-order valence-electron chi connectivity index (χ0n) is 59.3. The van der Waals surface area contributed by atoms with Gasteiger partial charge < -0.3 is 132 Å². The Labute approximate surface area is 658 Å². The molecule has 68 heteroatoms. The van der Waals surface area contributed by atoms with E-state index in [1.807, 2.05) is 15.1 Å². The molecule has 0 aromatic rings. The van der Waals surface area contributed by atoms with Gasteiger partial charge in [0.15, 0.2) is 6.17 Å². The number of halogens is 1. The predicted molar refractivity (Wildman–Crippen MR) is 382 cm³/mol. The fourth-order valence-corrected chi connectivity index (χ4v) is 18.3. The second-order valence-electron chi connectivity index (χ2n) is 24.6. The molecule has 7 rings (SSSR count). The number of phosphoric ester groups is 4. The molecule has 7 aliphatic heterocycles. The van der Waals surface area contributed by atoms with Crippen LogP contribution in [0.5, 0.6) is 0 Å². The molecule has 14 radical (unpaired) electrons. The van der Waals surface area contributed by atoms with Crippen LogP contribution in [0.1, 0.15) is 49.0 Å². The average Bonchev–Trinajstić information content (AvgIpc) is 1.47. The van der Waals surface area contributed by atoms with E-state index in [-0.39, 0.29) is 63.4 Å². The molecule has 22 N–H and O–H groups in total. The molecule has 0 aromatic carbocycles. The summed E-state index contributed by atoms with van der Waals surface area (Å²) in [5, 5.41) is 66.8. The Kier molecular flexibility index (Phi) is 49.1. The molecule has 7 saturated heterocycles. The molecule has 49 nitrogen and oxygen atoms in total. The molecule has 7 aliphatic rings. The van der Waals surface area contributed by atoms with Crippen LogP contribution in [-0.2, 0) is 124 Å². The van der Waals surface area contributed by atoms with Crippen LogP contribution in [0.4, 0.5) is 4.39 Å². The maximum absolute atomic E-state index is 13.0. The van der Waals surface area contributed by atoms with E-state index in [2.05, 4.69) is 35.6 Å². The van der Waals surface area contributed by atoms with Crippen molar-refractivity contribution in [1.82, 2.24) is 0 Å². The van der Waals surface area contributed by atoms with Crippen LogP contribution in [0.15, 0.2) is 0 Å². The van der Waals surface area contributed by atoms with Gasteiger partial charge >= 0.3 is 167 Å². The van der Waals surface area contributed by atoms with Crippen molar-refractivity contribution in [3.63, 3.8) is 0 Å². The van der Waals surface area contributed by atoms with Crippen molar-refractivity contribution in [1.29, 1.82) is 0 Å². The minimum atomic E-state index is -5.03. The summed E-state index contributed by atoms with van der Waals surface area (Å²) in [4.78, 5) is 128. The van der Waals surface area contributed by atoms with Crippen molar-refractivity contribution in [3.05, 3.63) is 0 Å². The third kappa shape index (κ3) is 44.4. The van der Waals surface area contributed by atoms with Gasteiger partial charge in [0.05, 0.1) is 70.2 Å². The van der Waals surface area contributed by atoms with Crippen LogP contribution in [0.25, 0.3) is 0 Å². The Morgan fingerprint density at radius 2 is 0.571 bits per heavy atom. The maximum Gasteiger partial charge on any atom is 0.476 e. The predicted octanol–water partition coefficient (Wildman–Crippen LogP) is -5.50. The fraction of sp³-hybridized carbons (Fsp3) is 1.00. The van der Waals surface area contributed by atoms with Gasteiger partial charge in [-0.05, 0) is 6.92 Å². The molecule has 9 unspecified atom stereocenters. The summed E-state index contributed by atoms with van der Waals surface area (Å²) in [5.41, 5.74) is 0. The number of hydrogen-bond donors (Lipinski definition) is 22. The van der Waals surface area contributed by atoms with Crippen molar-refractivity contribution in [2.45, 2.75) is 189 Å². The largest absolute Gasteiger partial charge is 0.476 e. The Morgan fingerprint density at radius 3 is 0.786 bits per heavy atom. The normalized spacial score (nSPS) is 37.1. The van der Waals surface area contributed by atoms with Gasteiger partial charge in [-0.25, -0.2) is 40.4 Å². The number of phosphoric acid groups is 7. The summed E-state index contributed by atoms with van der Waals surface area (Å²) in [5.74, 6) is -1.55. The van der Waals surface area contributed by atoms with E-state index in [0.717, 1.165) is 6.66 Å². The van der Waals surface area contributed by atoms with Gasteiger partial charge in [0.2, 0.25) is 7.57 Å². The summed E-state index contributed by atoms with van der Waals surface area (Å²) < 4.78 is 192. The maximum atomic E-state index is 13.0. The molecule has 31 atom stereocenters. The van der Waals surface area contributed by atoms with E-state index in [9.17, 15) is 86.1 Å². The zero-order valence-corrected chi connectivity index (χ0v) is 69.9. The summed E-state index contributed by atoms with van der Waals surface area (Å²) in [7, 11) is -2.08. The van der Waals surface area contributed by atoms with Crippen molar-refractivity contribution in [2.75, 3.05) is 60.0 Å². The van der Waals surface area contributed by atoms with Crippen molar-refractivity contribution in [2.24, 2.45) is 29.6 Å². The first-order chi connectivity index (χ1) is 49.8. The first-order valence-electron chi connectivity index (χ1n) is 31.2.